The van der Waals surface area contributed by atoms with Crippen LogP contribution >= 0.6 is 28.1 Å². The molecule has 92 valence electrons. The number of nitrogens with one attached hydrogen (secondary N) is 1. The number of hydrogen-bond donors (Lipinski definition) is 2. The van der Waals surface area contributed by atoms with E-state index >= 15 is 0 Å². The van der Waals surface area contributed by atoms with Crippen molar-refractivity contribution in [2.24, 2.45) is 5.73 Å². The van der Waals surface area contributed by atoms with Crippen molar-refractivity contribution in [1.82, 2.24) is 0 Å². The Kier molecular flexibility index (Phi) is 4.33. The molecule has 0 saturated carbocycles. The zero-order valence-corrected chi connectivity index (χ0v) is 12.1. The lowest BCUT2D eigenvalue weighted by Gasteiger charge is -2.11. The molecular weight excluding hydrogens is 308 g/mol. The molecular formula is C14H13BrN2S. The lowest BCUT2D eigenvalue weighted by molar-refractivity contribution is 1.15. The quantitative estimate of drug-likeness (QED) is 0.844. The van der Waals surface area contributed by atoms with E-state index in [0.717, 1.165) is 22.3 Å². The Balaban J connectivity index is 2.17. The number of benzene rings is 2. The Morgan fingerprint density at radius 2 is 1.89 bits per heavy atom. The lowest BCUT2D eigenvalue weighted by Crippen LogP contribution is -2.13. The van der Waals surface area contributed by atoms with Crippen LogP contribution in [0.1, 0.15) is 11.1 Å². The molecule has 3 N–H and O–H groups in total. The summed E-state index contributed by atoms with van der Waals surface area (Å²) in [6.07, 6.45) is 0. The highest BCUT2D eigenvalue weighted by Gasteiger charge is 2.05. The molecule has 0 spiro atoms. The first-order valence-electron chi connectivity index (χ1n) is 5.54. The summed E-state index contributed by atoms with van der Waals surface area (Å²) in [6, 6.07) is 16.1. The average Bonchev–Trinajstić information content (AvgIpc) is 2.38. The molecule has 0 aromatic heterocycles. The zero-order chi connectivity index (χ0) is 13.0. The van der Waals surface area contributed by atoms with E-state index < -0.39 is 0 Å². The first-order chi connectivity index (χ1) is 8.66. The molecule has 0 aliphatic heterocycles. The highest BCUT2D eigenvalue weighted by Crippen LogP contribution is 2.21. The minimum atomic E-state index is 0.395. The van der Waals surface area contributed by atoms with Gasteiger partial charge in [-0.05, 0) is 23.8 Å². The summed E-state index contributed by atoms with van der Waals surface area (Å²) in [5, 5.41) is 3.35. The summed E-state index contributed by atoms with van der Waals surface area (Å²) in [7, 11) is 0. The van der Waals surface area contributed by atoms with Crippen LogP contribution in [0.4, 0.5) is 5.69 Å². The van der Waals surface area contributed by atoms with Crippen molar-refractivity contribution in [3.05, 3.63) is 64.1 Å². The number of hydrogen-bond acceptors (Lipinski definition) is 2. The summed E-state index contributed by atoms with van der Waals surface area (Å²) in [4.78, 5) is 0.395. The summed E-state index contributed by atoms with van der Waals surface area (Å²) in [5.41, 5.74) is 8.75. The third-order valence-electron chi connectivity index (χ3n) is 2.57. The molecule has 4 heteroatoms. The molecule has 0 fully saturated rings. The van der Waals surface area contributed by atoms with Crippen molar-refractivity contribution in [2.75, 3.05) is 5.32 Å². The highest BCUT2D eigenvalue weighted by molar-refractivity contribution is 9.10. The Morgan fingerprint density at radius 3 is 2.56 bits per heavy atom. The maximum absolute atomic E-state index is 5.72. The van der Waals surface area contributed by atoms with Crippen LogP contribution in [-0.2, 0) is 6.54 Å². The van der Waals surface area contributed by atoms with Crippen LogP contribution in [-0.4, -0.2) is 4.99 Å². The van der Waals surface area contributed by atoms with Gasteiger partial charge in [0.25, 0.3) is 0 Å². The standard InChI is InChI=1S/C14H13BrN2S/c15-11-6-7-13(12(8-11)14(16)18)17-9-10-4-2-1-3-5-10/h1-8,17H,9H2,(H2,16,18). The van der Waals surface area contributed by atoms with Crippen LogP contribution in [0.15, 0.2) is 53.0 Å². The van der Waals surface area contributed by atoms with Gasteiger partial charge in [0.05, 0.1) is 0 Å². The average molecular weight is 321 g/mol. The van der Waals surface area contributed by atoms with Gasteiger partial charge in [-0.2, -0.15) is 0 Å². The van der Waals surface area contributed by atoms with Gasteiger partial charge >= 0.3 is 0 Å². The van der Waals surface area contributed by atoms with Crippen molar-refractivity contribution in [3.63, 3.8) is 0 Å². The third kappa shape index (κ3) is 3.31. The fraction of sp³-hybridized carbons (Fsp3) is 0.0714. The molecule has 2 aromatic rings. The Bertz CT molecular complexity index is 555. The maximum atomic E-state index is 5.72. The first-order valence-corrected chi connectivity index (χ1v) is 6.74. The molecule has 0 aliphatic rings. The van der Waals surface area contributed by atoms with E-state index in [1.165, 1.54) is 5.56 Å². The second-order valence-corrected chi connectivity index (χ2v) is 5.25. The minimum Gasteiger partial charge on any atom is -0.389 e. The Labute approximate surface area is 120 Å². The van der Waals surface area contributed by atoms with Crippen molar-refractivity contribution >= 4 is 38.8 Å². The van der Waals surface area contributed by atoms with Crippen LogP contribution in [0.3, 0.4) is 0 Å². The van der Waals surface area contributed by atoms with Gasteiger partial charge in [0, 0.05) is 22.3 Å². The normalized spacial score (nSPS) is 10.1. The molecule has 0 saturated heterocycles. The molecule has 0 unspecified atom stereocenters. The van der Waals surface area contributed by atoms with Crippen molar-refractivity contribution in [2.45, 2.75) is 6.54 Å². The third-order valence-corrected chi connectivity index (χ3v) is 3.29. The number of nitrogens with two attached hydrogens (primary N) is 1. The zero-order valence-electron chi connectivity index (χ0n) is 9.69. The second kappa shape index (κ2) is 5.98. The summed E-state index contributed by atoms with van der Waals surface area (Å²) >= 11 is 8.47. The molecule has 0 amide bonds. The SMILES string of the molecule is NC(=S)c1cc(Br)ccc1NCc1ccccc1. The van der Waals surface area contributed by atoms with Crippen molar-refractivity contribution < 1.29 is 0 Å². The minimum absolute atomic E-state index is 0.395. The monoisotopic (exact) mass is 320 g/mol. The fourth-order valence-electron chi connectivity index (χ4n) is 1.67. The number of thiocarbonyl (C=S) groups is 1. The van der Waals surface area contributed by atoms with Crippen LogP contribution in [0.2, 0.25) is 0 Å². The highest BCUT2D eigenvalue weighted by atomic mass is 79.9. The predicted octanol–water partition coefficient (Wildman–Crippen LogP) is 3.70. The topological polar surface area (TPSA) is 38.0 Å². The molecule has 0 atom stereocenters. The van der Waals surface area contributed by atoms with E-state index in [0.29, 0.717) is 4.99 Å². The van der Waals surface area contributed by atoms with Crippen LogP contribution in [0.25, 0.3) is 0 Å². The van der Waals surface area contributed by atoms with E-state index in [9.17, 15) is 0 Å². The van der Waals surface area contributed by atoms with E-state index in [1.54, 1.807) is 0 Å². The molecule has 0 radical (unpaired) electrons. The number of rotatable bonds is 4. The molecule has 2 rings (SSSR count). The molecule has 2 nitrogen and oxygen atoms in total. The van der Waals surface area contributed by atoms with E-state index in [4.69, 9.17) is 18.0 Å². The largest absolute Gasteiger partial charge is 0.389 e. The van der Waals surface area contributed by atoms with Gasteiger partial charge in [0.15, 0.2) is 0 Å². The van der Waals surface area contributed by atoms with Gasteiger partial charge in [-0.1, -0.05) is 58.5 Å². The van der Waals surface area contributed by atoms with Gasteiger partial charge < -0.3 is 11.1 Å². The summed E-state index contributed by atoms with van der Waals surface area (Å²) < 4.78 is 0.968. The van der Waals surface area contributed by atoms with E-state index in [-0.39, 0.29) is 0 Å². The van der Waals surface area contributed by atoms with Crippen LogP contribution in [0.5, 0.6) is 0 Å². The van der Waals surface area contributed by atoms with Crippen LogP contribution < -0.4 is 11.1 Å². The molecule has 0 aliphatic carbocycles. The second-order valence-electron chi connectivity index (χ2n) is 3.89. The Morgan fingerprint density at radius 1 is 1.17 bits per heavy atom. The van der Waals surface area contributed by atoms with E-state index in [2.05, 4.69) is 33.4 Å². The lowest BCUT2D eigenvalue weighted by atomic mass is 10.1. The molecule has 18 heavy (non-hydrogen) atoms. The number of halogens is 1. The smallest absolute Gasteiger partial charge is 0.106 e. The van der Waals surface area contributed by atoms with Crippen molar-refractivity contribution in [1.29, 1.82) is 0 Å². The molecule has 0 heterocycles. The first kappa shape index (κ1) is 13.1. The van der Waals surface area contributed by atoms with Gasteiger partial charge in [-0.15, -0.1) is 0 Å². The van der Waals surface area contributed by atoms with Gasteiger partial charge in [-0.25, -0.2) is 0 Å². The predicted molar refractivity (Wildman–Crippen MR) is 83.8 cm³/mol. The number of anilines is 1. The van der Waals surface area contributed by atoms with Gasteiger partial charge in [0.1, 0.15) is 4.99 Å². The Hall–Kier alpha value is -1.39. The van der Waals surface area contributed by atoms with Crippen LogP contribution in [0, 0.1) is 0 Å². The summed E-state index contributed by atoms with van der Waals surface area (Å²) in [5.74, 6) is 0. The van der Waals surface area contributed by atoms with E-state index in [1.807, 2.05) is 36.4 Å². The van der Waals surface area contributed by atoms with Gasteiger partial charge in [-0.3, -0.25) is 0 Å². The maximum Gasteiger partial charge on any atom is 0.106 e. The molecule has 2 aromatic carbocycles. The molecule has 0 bridgehead atoms. The fourth-order valence-corrected chi connectivity index (χ4v) is 2.20. The van der Waals surface area contributed by atoms with Gasteiger partial charge in [0.2, 0.25) is 0 Å². The van der Waals surface area contributed by atoms with Crippen molar-refractivity contribution in [3.8, 4) is 0 Å². The summed E-state index contributed by atoms with van der Waals surface area (Å²) in [6.45, 7) is 0.748.